The Hall–Kier alpha value is 0.470. The van der Waals surface area contributed by atoms with Gasteiger partial charge < -0.3 is 0 Å². The summed E-state index contributed by atoms with van der Waals surface area (Å²) in [5.74, 6) is 0. The fraction of sp³-hybridized carbons (Fsp3) is 0.571. The molecule has 0 nitrogen and oxygen atoms in total. The van der Waals surface area contributed by atoms with Crippen molar-refractivity contribution in [1.29, 1.82) is 0 Å². The standard InChI is InChI=1S/C14H19Br2Cl/c1-3-4-5-6-7-14(17)11-9-12(15)10(2)8-13(11)16/h8-9,14H,3-7H2,1-2H3. The molecule has 0 bridgehead atoms. The summed E-state index contributed by atoms with van der Waals surface area (Å²) in [7, 11) is 0. The van der Waals surface area contributed by atoms with Crippen molar-refractivity contribution >= 4 is 43.5 Å². The summed E-state index contributed by atoms with van der Waals surface area (Å²) in [6, 6.07) is 4.26. The minimum Gasteiger partial charge on any atom is -0.118 e. The highest BCUT2D eigenvalue weighted by atomic mass is 79.9. The molecule has 3 heteroatoms. The first-order valence-corrected chi connectivity index (χ1v) is 8.18. The predicted octanol–water partition coefficient (Wildman–Crippen LogP) is 6.77. The first-order chi connectivity index (χ1) is 8.06. The van der Waals surface area contributed by atoms with Crippen molar-refractivity contribution < 1.29 is 0 Å². The summed E-state index contributed by atoms with van der Waals surface area (Å²) in [5.41, 5.74) is 2.43. The number of hydrogen-bond acceptors (Lipinski definition) is 0. The van der Waals surface area contributed by atoms with E-state index in [1.165, 1.54) is 36.8 Å². The molecule has 0 aliphatic heterocycles. The van der Waals surface area contributed by atoms with Crippen LogP contribution in [0.3, 0.4) is 0 Å². The van der Waals surface area contributed by atoms with E-state index in [2.05, 4.69) is 57.8 Å². The number of unbranched alkanes of at least 4 members (excludes halogenated alkanes) is 3. The highest BCUT2D eigenvalue weighted by molar-refractivity contribution is 9.11. The Bertz CT molecular complexity index is 363. The molecule has 0 aliphatic rings. The predicted molar refractivity (Wildman–Crippen MR) is 83.9 cm³/mol. The minimum atomic E-state index is 0.109. The number of halogens is 3. The van der Waals surface area contributed by atoms with Gasteiger partial charge in [0.25, 0.3) is 0 Å². The fourth-order valence-corrected chi connectivity index (χ4v) is 3.37. The lowest BCUT2D eigenvalue weighted by molar-refractivity contribution is 0.623. The van der Waals surface area contributed by atoms with E-state index in [1.54, 1.807) is 0 Å². The van der Waals surface area contributed by atoms with Crippen LogP contribution in [0.4, 0.5) is 0 Å². The number of aryl methyl sites for hydroxylation is 1. The summed E-state index contributed by atoms with van der Waals surface area (Å²) < 4.78 is 2.25. The zero-order chi connectivity index (χ0) is 12.8. The van der Waals surface area contributed by atoms with Gasteiger partial charge in [-0.3, -0.25) is 0 Å². The molecule has 0 heterocycles. The lowest BCUT2D eigenvalue weighted by Crippen LogP contribution is -1.94. The van der Waals surface area contributed by atoms with Gasteiger partial charge in [-0.15, -0.1) is 11.6 Å². The fourth-order valence-electron chi connectivity index (χ4n) is 1.81. The van der Waals surface area contributed by atoms with E-state index in [-0.39, 0.29) is 5.38 Å². The number of alkyl halides is 1. The number of rotatable bonds is 6. The van der Waals surface area contributed by atoms with Crippen LogP contribution in [-0.2, 0) is 0 Å². The van der Waals surface area contributed by atoms with Gasteiger partial charge in [-0.05, 0) is 36.6 Å². The van der Waals surface area contributed by atoms with E-state index >= 15 is 0 Å². The maximum absolute atomic E-state index is 6.46. The van der Waals surface area contributed by atoms with Crippen molar-refractivity contribution in [2.45, 2.75) is 51.3 Å². The van der Waals surface area contributed by atoms with Crippen LogP contribution in [0.2, 0.25) is 0 Å². The van der Waals surface area contributed by atoms with Crippen molar-refractivity contribution in [3.8, 4) is 0 Å². The summed E-state index contributed by atoms with van der Waals surface area (Å²) in [6.07, 6.45) is 6.12. The molecule has 1 rings (SSSR count). The van der Waals surface area contributed by atoms with Gasteiger partial charge in [0, 0.05) is 8.95 Å². The van der Waals surface area contributed by atoms with Gasteiger partial charge in [0.2, 0.25) is 0 Å². The average molecular weight is 383 g/mol. The molecule has 1 aromatic carbocycles. The van der Waals surface area contributed by atoms with E-state index in [1.807, 2.05) is 0 Å². The topological polar surface area (TPSA) is 0 Å². The third-order valence-corrected chi connectivity index (χ3v) is 4.92. The van der Waals surface area contributed by atoms with E-state index in [0.717, 1.165) is 15.4 Å². The zero-order valence-corrected chi connectivity index (χ0v) is 14.3. The van der Waals surface area contributed by atoms with Crippen molar-refractivity contribution in [1.82, 2.24) is 0 Å². The highest BCUT2D eigenvalue weighted by Gasteiger charge is 2.13. The molecule has 17 heavy (non-hydrogen) atoms. The van der Waals surface area contributed by atoms with E-state index in [0.29, 0.717) is 0 Å². The Morgan fingerprint density at radius 3 is 2.47 bits per heavy atom. The maximum Gasteiger partial charge on any atom is 0.0596 e. The monoisotopic (exact) mass is 380 g/mol. The van der Waals surface area contributed by atoms with E-state index in [4.69, 9.17) is 11.6 Å². The Balaban J connectivity index is 2.62. The molecule has 0 saturated carbocycles. The van der Waals surface area contributed by atoms with Crippen LogP contribution in [0.15, 0.2) is 21.1 Å². The lowest BCUT2D eigenvalue weighted by Gasteiger charge is -2.13. The van der Waals surface area contributed by atoms with Gasteiger partial charge in [-0.25, -0.2) is 0 Å². The normalized spacial score (nSPS) is 12.8. The molecule has 0 N–H and O–H groups in total. The Morgan fingerprint density at radius 2 is 1.82 bits per heavy atom. The molecule has 0 fully saturated rings. The summed E-state index contributed by atoms with van der Waals surface area (Å²) >= 11 is 13.6. The quantitative estimate of drug-likeness (QED) is 0.376. The van der Waals surface area contributed by atoms with Crippen LogP contribution in [-0.4, -0.2) is 0 Å². The second-order valence-corrected chi connectivity index (χ2v) is 6.68. The van der Waals surface area contributed by atoms with Crippen LogP contribution >= 0.6 is 43.5 Å². The van der Waals surface area contributed by atoms with Gasteiger partial charge in [-0.1, -0.05) is 64.5 Å². The molecule has 0 aliphatic carbocycles. The lowest BCUT2D eigenvalue weighted by atomic mass is 10.0. The van der Waals surface area contributed by atoms with Crippen LogP contribution in [0.1, 0.15) is 55.5 Å². The summed E-state index contributed by atoms with van der Waals surface area (Å²) in [4.78, 5) is 0. The molecule has 96 valence electrons. The van der Waals surface area contributed by atoms with Crippen molar-refractivity contribution in [2.24, 2.45) is 0 Å². The zero-order valence-electron chi connectivity index (χ0n) is 10.4. The van der Waals surface area contributed by atoms with Crippen LogP contribution < -0.4 is 0 Å². The highest BCUT2D eigenvalue weighted by Crippen LogP contribution is 2.35. The van der Waals surface area contributed by atoms with Crippen LogP contribution in [0.25, 0.3) is 0 Å². The summed E-state index contributed by atoms with van der Waals surface area (Å²) in [6.45, 7) is 4.31. The van der Waals surface area contributed by atoms with Gasteiger partial charge in [0.15, 0.2) is 0 Å². The molecular weight excluding hydrogens is 363 g/mol. The first-order valence-electron chi connectivity index (χ1n) is 6.15. The molecule has 1 unspecified atom stereocenters. The molecule has 0 amide bonds. The second-order valence-electron chi connectivity index (χ2n) is 4.44. The Labute approximate surface area is 126 Å². The van der Waals surface area contributed by atoms with Gasteiger partial charge in [0.05, 0.1) is 5.38 Å². The molecule has 1 aromatic rings. The average Bonchev–Trinajstić information content (AvgIpc) is 2.29. The van der Waals surface area contributed by atoms with Crippen molar-refractivity contribution in [2.75, 3.05) is 0 Å². The number of benzene rings is 1. The Kier molecular flexibility index (Phi) is 7.13. The summed E-state index contributed by atoms with van der Waals surface area (Å²) in [5, 5.41) is 0.109. The molecule has 0 aromatic heterocycles. The first kappa shape index (κ1) is 15.5. The molecular formula is C14H19Br2Cl. The van der Waals surface area contributed by atoms with E-state index in [9.17, 15) is 0 Å². The Morgan fingerprint density at radius 1 is 1.12 bits per heavy atom. The van der Waals surface area contributed by atoms with Gasteiger partial charge in [0.1, 0.15) is 0 Å². The molecule has 0 radical (unpaired) electrons. The van der Waals surface area contributed by atoms with Crippen LogP contribution in [0.5, 0.6) is 0 Å². The molecule has 0 saturated heterocycles. The molecule has 0 spiro atoms. The van der Waals surface area contributed by atoms with E-state index < -0.39 is 0 Å². The smallest absolute Gasteiger partial charge is 0.0596 e. The van der Waals surface area contributed by atoms with Gasteiger partial charge in [-0.2, -0.15) is 0 Å². The van der Waals surface area contributed by atoms with Crippen molar-refractivity contribution in [3.63, 3.8) is 0 Å². The molecule has 1 atom stereocenters. The SMILES string of the molecule is CCCCCCC(Cl)c1cc(Br)c(C)cc1Br. The van der Waals surface area contributed by atoms with Crippen LogP contribution in [0, 0.1) is 6.92 Å². The maximum atomic E-state index is 6.46. The third kappa shape index (κ3) is 4.92. The third-order valence-electron chi connectivity index (χ3n) is 2.93. The van der Waals surface area contributed by atoms with Gasteiger partial charge >= 0.3 is 0 Å². The van der Waals surface area contributed by atoms with Crippen molar-refractivity contribution in [3.05, 3.63) is 32.2 Å². The number of hydrogen-bond donors (Lipinski definition) is 0. The minimum absolute atomic E-state index is 0.109. The largest absolute Gasteiger partial charge is 0.118 e. The second kappa shape index (κ2) is 7.81.